The average Bonchev–Trinajstić information content (AvgIpc) is 2.98. The molecule has 1 saturated heterocycles. The van der Waals surface area contributed by atoms with Gasteiger partial charge in [0.1, 0.15) is 0 Å². The highest BCUT2D eigenvalue weighted by molar-refractivity contribution is 6.02. The van der Waals surface area contributed by atoms with Crippen molar-refractivity contribution in [2.24, 2.45) is 5.41 Å². The van der Waals surface area contributed by atoms with Crippen LogP contribution in [0, 0.1) is 5.41 Å². The number of likely N-dealkylation sites (tertiary alicyclic amines) is 1. The molecule has 1 fully saturated rings. The number of nitrogens with one attached hydrogen (secondary N) is 1. The molecule has 132 valence electrons. The van der Waals surface area contributed by atoms with Gasteiger partial charge in [0.05, 0.1) is 5.56 Å². The monoisotopic (exact) mass is 331 g/mol. The van der Waals surface area contributed by atoms with Crippen molar-refractivity contribution >= 4 is 23.2 Å². The molecule has 5 heteroatoms. The Balaban J connectivity index is 2.24. The maximum Gasteiger partial charge on any atom is 0.256 e. The van der Waals surface area contributed by atoms with Gasteiger partial charge in [0.2, 0.25) is 5.91 Å². The van der Waals surface area contributed by atoms with Gasteiger partial charge in [-0.05, 0) is 36.5 Å². The van der Waals surface area contributed by atoms with Crippen molar-refractivity contribution < 1.29 is 9.59 Å². The fourth-order valence-corrected chi connectivity index (χ4v) is 2.95. The smallest absolute Gasteiger partial charge is 0.256 e. The molecule has 0 bridgehead atoms. The van der Waals surface area contributed by atoms with E-state index in [1.165, 1.54) is 0 Å². The summed E-state index contributed by atoms with van der Waals surface area (Å²) in [5.41, 5.74) is 2.13. The third-order valence-electron chi connectivity index (χ3n) is 4.08. The molecule has 2 rings (SSSR count). The fourth-order valence-electron chi connectivity index (χ4n) is 2.95. The van der Waals surface area contributed by atoms with Crippen LogP contribution in [-0.2, 0) is 4.79 Å². The second-order valence-electron chi connectivity index (χ2n) is 7.91. The van der Waals surface area contributed by atoms with E-state index >= 15 is 0 Å². The predicted molar refractivity (Wildman–Crippen MR) is 98.6 cm³/mol. The maximum absolute atomic E-state index is 12.8. The van der Waals surface area contributed by atoms with E-state index in [9.17, 15) is 9.59 Å². The molecule has 0 atom stereocenters. The summed E-state index contributed by atoms with van der Waals surface area (Å²) < 4.78 is 0. The summed E-state index contributed by atoms with van der Waals surface area (Å²) in [4.78, 5) is 28.8. The number of carbonyl (C=O) groups excluding carboxylic acids is 2. The average molecular weight is 331 g/mol. The van der Waals surface area contributed by atoms with E-state index in [1.807, 2.05) is 56.8 Å². The van der Waals surface area contributed by atoms with Crippen LogP contribution in [0.15, 0.2) is 18.2 Å². The molecule has 5 nitrogen and oxygen atoms in total. The van der Waals surface area contributed by atoms with Gasteiger partial charge >= 0.3 is 0 Å². The quantitative estimate of drug-likeness (QED) is 0.920. The molecule has 24 heavy (non-hydrogen) atoms. The lowest BCUT2D eigenvalue weighted by molar-refractivity contribution is -0.117. The Morgan fingerprint density at radius 1 is 1.17 bits per heavy atom. The van der Waals surface area contributed by atoms with Crippen LogP contribution in [0.25, 0.3) is 0 Å². The minimum atomic E-state index is -0.0676. The van der Waals surface area contributed by atoms with E-state index in [2.05, 4.69) is 5.32 Å². The van der Waals surface area contributed by atoms with Crippen LogP contribution in [0.1, 0.15) is 50.4 Å². The molecule has 1 aromatic rings. The molecule has 1 N–H and O–H groups in total. The lowest BCUT2D eigenvalue weighted by Gasteiger charge is -2.22. The summed E-state index contributed by atoms with van der Waals surface area (Å²) in [6, 6.07) is 5.56. The van der Waals surface area contributed by atoms with Crippen LogP contribution in [0.2, 0.25) is 0 Å². The summed E-state index contributed by atoms with van der Waals surface area (Å²) in [5, 5.41) is 2.92. The molecule has 0 saturated carbocycles. The molecule has 1 aliphatic heterocycles. The van der Waals surface area contributed by atoms with Gasteiger partial charge in [0.15, 0.2) is 0 Å². The summed E-state index contributed by atoms with van der Waals surface area (Å²) in [5.74, 6) is 0.0165. The highest BCUT2D eigenvalue weighted by Gasteiger charge is 2.23. The van der Waals surface area contributed by atoms with Gasteiger partial charge in [0.25, 0.3) is 5.91 Å². The van der Waals surface area contributed by atoms with Crippen molar-refractivity contribution in [3.05, 3.63) is 23.8 Å². The Hall–Kier alpha value is -2.04. The number of nitrogens with zero attached hydrogens (tertiary/aromatic N) is 2. The van der Waals surface area contributed by atoms with Gasteiger partial charge in [-0.1, -0.05) is 20.8 Å². The highest BCUT2D eigenvalue weighted by Crippen LogP contribution is 2.27. The van der Waals surface area contributed by atoms with Crippen molar-refractivity contribution in [2.45, 2.75) is 40.0 Å². The number of anilines is 2. The first-order chi connectivity index (χ1) is 11.2. The number of amides is 2. The Kier molecular flexibility index (Phi) is 5.52. The van der Waals surface area contributed by atoms with Crippen molar-refractivity contribution in [3.8, 4) is 0 Å². The molecule has 0 aromatic heterocycles. The normalized spacial score (nSPS) is 14.6. The molecular formula is C19H29N3O2. The minimum Gasteiger partial charge on any atom is -0.377 e. The van der Waals surface area contributed by atoms with Crippen LogP contribution in [0.3, 0.4) is 0 Å². The van der Waals surface area contributed by atoms with Crippen LogP contribution in [0.4, 0.5) is 11.4 Å². The number of carbonyl (C=O) groups is 2. The largest absolute Gasteiger partial charge is 0.377 e. The maximum atomic E-state index is 12.8. The van der Waals surface area contributed by atoms with E-state index in [0.29, 0.717) is 17.7 Å². The third-order valence-corrected chi connectivity index (χ3v) is 4.08. The Bertz CT molecular complexity index is 612. The van der Waals surface area contributed by atoms with Gasteiger partial charge < -0.3 is 15.1 Å². The zero-order valence-corrected chi connectivity index (χ0v) is 15.5. The molecule has 0 spiro atoms. The molecule has 1 heterocycles. The van der Waals surface area contributed by atoms with E-state index in [0.717, 1.165) is 31.6 Å². The first-order valence-electron chi connectivity index (χ1n) is 8.58. The third kappa shape index (κ3) is 4.73. The second-order valence-corrected chi connectivity index (χ2v) is 7.91. The number of benzene rings is 1. The van der Waals surface area contributed by atoms with Crippen molar-refractivity contribution in [1.29, 1.82) is 0 Å². The zero-order valence-electron chi connectivity index (χ0n) is 15.5. The lowest BCUT2D eigenvalue weighted by atomic mass is 9.92. The fraction of sp³-hybridized carbons (Fsp3) is 0.579. The Morgan fingerprint density at radius 3 is 2.33 bits per heavy atom. The SMILES string of the molecule is CN(C)c1ccc(NC(=O)CC(C)(C)C)cc1C(=O)N1CCCC1. The Morgan fingerprint density at radius 2 is 1.79 bits per heavy atom. The second kappa shape index (κ2) is 7.24. The summed E-state index contributed by atoms with van der Waals surface area (Å²) in [7, 11) is 3.85. The minimum absolute atomic E-state index is 0.0281. The Labute approximate surface area is 145 Å². The van der Waals surface area contributed by atoms with Gasteiger partial charge in [0, 0.05) is 45.0 Å². The topological polar surface area (TPSA) is 52.7 Å². The molecule has 1 aliphatic rings. The molecule has 0 unspecified atom stereocenters. The number of hydrogen-bond donors (Lipinski definition) is 1. The highest BCUT2D eigenvalue weighted by atomic mass is 16.2. The number of hydrogen-bond acceptors (Lipinski definition) is 3. The van der Waals surface area contributed by atoms with Crippen molar-refractivity contribution in [3.63, 3.8) is 0 Å². The van der Waals surface area contributed by atoms with Crippen LogP contribution < -0.4 is 10.2 Å². The summed E-state index contributed by atoms with van der Waals surface area (Å²) >= 11 is 0. The molecule has 2 amide bonds. The zero-order chi connectivity index (χ0) is 17.9. The van der Waals surface area contributed by atoms with E-state index in [1.54, 1.807) is 6.07 Å². The van der Waals surface area contributed by atoms with Crippen molar-refractivity contribution in [1.82, 2.24) is 4.90 Å². The van der Waals surface area contributed by atoms with E-state index in [-0.39, 0.29) is 17.2 Å². The van der Waals surface area contributed by atoms with Gasteiger partial charge in [-0.25, -0.2) is 0 Å². The molecular weight excluding hydrogens is 302 g/mol. The van der Waals surface area contributed by atoms with Crippen LogP contribution in [0.5, 0.6) is 0 Å². The molecule has 0 radical (unpaired) electrons. The van der Waals surface area contributed by atoms with Crippen LogP contribution >= 0.6 is 0 Å². The van der Waals surface area contributed by atoms with Crippen LogP contribution in [-0.4, -0.2) is 43.9 Å². The number of rotatable bonds is 4. The van der Waals surface area contributed by atoms with Gasteiger partial charge in [-0.2, -0.15) is 0 Å². The van der Waals surface area contributed by atoms with Gasteiger partial charge in [-0.3, -0.25) is 9.59 Å². The lowest BCUT2D eigenvalue weighted by Crippen LogP contribution is -2.29. The molecule has 0 aliphatic carbocycles. The van der Waals surface area contributed by atoms with E-state index in [4.69, 9.17) is 0 Å². The predicted octanol–water partition coefficient (Wildman–Crippen LogP) is 3.36. The molecule has 1 aromatic carbocycles. The summed E-state index contributed by atoms with van der Waals surface area (Å²) in [6.45, 7) is 7.72. The summed E-state index contributed by atoms with van der Waals surface area (Å²) in [6.07, 6.45) is 2.56. The first kappa shape index (κ1) is 18.3. The van der Waals surface area contributed by atoms with E-state index < -0.39 is 0 Å². The van der Waals surface area contributed by atoms with Gasteiger partial charge in [-0.15, -0.1) is 0 Å². The standard InChI is InChI=1S/C19H29N3O2/c1-19(2,3)13-17(23)20-14-8-9-16(21(4)5)15(12-14)18(24)22-10-6-7-11-22/h8-9,12H,6-7,10-11,13H2,1-5H3,(H,20,23). The first-order valence-corrected chi connectivity index (χ1v) is 8.58. The van der Waals surface area contributed by atoms with Crippen molar-refractivity contribution in [2.75, 3.05) is 37.4 Å².